The lowest BCUT2D eigenvalue weighted by Crippen LogP contribution is -2.41. The maximum Gasteiger partial charge on any atom is 0.251 e. The Morgan fingerprint density at radius 3 is 2.31 bits per heavy atom. The maximum absolute atomic E-state index is 12.8. The summed E-state index contributed by atoms with van der Waals surface area (Å²) < 4.78 is 52.9. The van der Waals surface area contributed by atoms with Gasteiger partial charge in [0.1, 0.15) is 0 Å². The molecule has 1 amide bonds. The fraction of sp³-hybridized carbons (Fsp3) is 0.409. The second-order valence-corrected chi connectivity index (χ2v) is 11.8. The average molecular weight is 480 g/mol. The molecule has 0 spiro atoms. The van der Waals surface area contributed by atoms with Gasteiger partial charge >= 0.3 is 0 Å². The average Bonchev–Trinajstić information content (AvgIpc) is 2.77. The first-order chi connectivity index (χ1) is 15.1. The molecule has 0 saturated carbocycles. The first kappa shape index (κ1) is 24.4. The van der Waals surface area contributed by atoms with Crippen molar-refractivity contribution >= 4 is 26.0 Å². The molecule has 1 fully saturated rings. The van der Waals surface area contributed by atoms with Gasteiger partial charge in [0, 0.05) is 31.7 Å². The number of sulfonamides is 2. The van der Waals surface area contributed by atoms with E-state index < -0.39 is 20.0 Å². The number of rotatable bonds is 8. The van der Waals surface area contributed by atoms with E-state index in [1.54, 1.807) is 19.1 Å². The zero-order chi connectivity index (χ0) is 23.4. The molecular weight excluding hydrogens is 450 g/mol. The van der Waals surface area contributed by atoms with Gasteiger partial charge in [-0.15, -0.1) is 0 Å². The van der Waals surface area contributed by atoms with Gasteiger partial charge in [-0.2, -0.15) is 0 Å². The van der Waals surface area contributed by atoms with Crippen LogP contribution in [-0.2, 0) is 26.6 Å². The highest BCUT2D eigenvalue weighted by Crippen LogP contribution is 2.20. The summed E-state index contributed by atoms with van der Waals surface area (Å²) in [6, 6.07) is 13.8. The van der Waals surface area contributed by atoms with Crippen molar-refractivity contribution in [1.82, 2.24) is 14.3 Å². The van der Waals surface area contributed by atoms with Crippen LogP contribution in [0.5, 0.6) is 0 Å². The molecule has 10 heteroatoms. The quantitative estimate of drug-likeness (QED) is 0.600. The second-order valence-electron chi connectivity index (χ2n) is 8.11. The van der Waals surface area contributed by atoms with Crippen molar-refractivity contribution in [1.29, 1.82) is 0 Å². The first-order valence-corrected chi connectivity index (χ1v) is 13.8. The van der Waals surface area contributed by atoms with E-state index in [1.165, 1.54) is 16.6 Å². The summed E-state index contributed by atoms with van der Waals surface area (Å²) in [5.41, 5.74) is 1.66. The lowest BCUT2D eigenvalue weighted by molar-refractivity contribution is 0.0941. The molecule has 0 unspecified atom stereocenters. The predicted molar refractivity (Wildman–Crippen MR) is 123 cm³/mol. The van der Waals surface area contributed by atoms with Crippen molar-refractivity contribution in [3.63, 3.8) is 0 Å². The number of nitrogens with zero attached hydrogens (tertiary/aromatic N) is 1. The standard InChI is InChI=1S/C22H29N3O5S2/c1-17-8-9-20(14-21(17)32(29,30)24-16-18-6-4-3-5-7-18)22(26)23-15-19-10-12-25(13-11-19)31(2,27)28/h3-9,14,19,24H,10-13,15-16H2,1-2H3,(H,23,26). The van der Waals surface area contributed by atoms with Gasteiger partial charge in [0.25, 0.3) is 5.91 Å². The molecule has 0 aromatic heterocycles. The normalized spacial score (nSPS) is 16.1. The lowest BCUT2D eigenvalue weighted by atomic mass is 9.98. The van der Waals surface area contributed by atoms with E-state index in [9.17, 15) is 21.6 Å². The van der Waals surface area contributed by atoms with Gasteiger partial charge in [-0.3, -0.25) is 4.79 Å². The van der Waals surface area contributed by atoms with E-state index >= 15 is 0 Å². The summed E-state index contributed by atoms with van der Waals surface area (Å²) in [5, 5.41) is 2.86. The van der Waals surface area contributed by atoms with Crippen molar-refractivity contribution < 1.29 is 21.6 Å². The molecular formula is C22H29N3O5S2. The van der Waals surface area contributed by atoms with E-state index in [-0.39, 0.29) is 28.8 Å². The maximum atomic E-state index is 12.8. The molecule has 174 valence electrons. The van der Waals surface area contributed by atoms with E-state index in [0.717, 1.165) is 5.56 Å². The van der Waals surface area contributed by atoms with Crippen LogP contribution in [0.2, 0.25) is 0 Å². The zero-order valence-corrected chi connectivity index (χ0v) is 19.9. The van der Waals surface area contributed by atoms with Gasteiger partial charge in [-0.05, 0) is 48.9 Å². The van der Waals surface area contributed by atoms with Crippen LogP contribution in [0.4, 0.5) is 0 Å². The summed E-state index contributed by atoms with van der Waals surface area (Å²) in [6.07, 6.45) is 2.54. The monoisotopic (exact) mass is 479 g/mol. The van der Waals surface area contributed by atoms with Crippen molar-refractivity contribution in [2.24, 2.45) is 5.92 Å². The number of piperidine rings is 1. The van der Waals surface area contributed by atoms with Crippen molar-refractivity contribution in [3.05, 3.63) is 65.2 Å². The Hall–Kier alpha value is -2.27. The minimum atomic E-state index is -3.79. The summed E-state index contributed by atoms with van der Waals surface area (Å²) in [4.78, 5) is 12.7. The molecule has 2 N–H and O–H groups in total. The Labute approximate surface area is 190 Å². The Kier molecular flexibility index (Phi) is 7.71. The number of benzene rings is 2. The number of hydrogen-bond acceptors (Lipinski definition) is 5. The topological polar surface area (TPSA) is 113 Å². The number of carbonyl (C=O) groups is 1. The van der Waals surface area contributed by atoms with Crippen molar-refractivity contribution in [2.75, 3.05) is 25.9 Å². The minimum Gasteiger partial charge on any atom is -0.352 e. The Bertz CT molecular complexity index is 1160. The van der Waals surface area contributed by atoms with Crippen LogP contribution in [0.1, 0.15) is 34.3 Å². The van der Waals surface area contributed by atoms with Crippen LogP contribution in [0, 0.1) is 12.8 Å². The van der Waals surface area contributed by atoms with Gasteiger partial charge in [-0.25, -0.2) is 25.9 Å². The minimum absolute atomic E-state index is 0.0718. The molecule has 0 aliphatic carbocycles. The number of nitrogens with one attached hydrogen (secondary N) is 2. The molecule has 1 aliphatic heterocycles. The predicted octanol–water partition coefficient (Wildman–Crippen LogP) is 1.87. The molecule has 8 nitrogen and oxygen atoms in total. The molecule has 1 saturated heterocycles. The van der Waals surface area contributed by atoms with Crippen molar-refractivity contribution in [2.45, 2.75) is 31.2 Å². The van der Waals surface area contributed by atoms with Crippen LogP contribution in [0.15, 0.2) is 53.4 Å². The van der Waals surface area contributed by atoms with Crippen LogP contribution >= 0.6 is 0 Å². The molecule has 0 radical (unpaired) electrons. The van der Waals surface area contributed by atoms with Gasteiger partial charge < -0.3 is 5.32 Å². The van der Waals surface area contributed by atoms with Crippen LogP contribution < -0.4 is 10.0 Å². The van der Waals surface area contributed by atoms with Crippen LogP contribution in [0.25, 0.3) is 0 Å². The van der Waals surface area contributed by atoms with E-state index in [2.05, 4.69) is 10.0 Å². The summed E-state index contributed by atoms with van der Waals surface area (Å²) in [5.74, 6) is -0.173. The van der Waals surface area contributed by atoms with Crippen LogP contribution in [-0.4, -0.2) is 52.9 Å². The van der Waals surface area contributed by atoms with E-state index in [1.807, 2.05) is 30.3 Å². The van der Waals surface area contributed by atoms with Gasteiger partial charge in [-0.1, -0.05) is 36.4 Å². The third-order valence-corrected chi connectivity index (χ3v) is 8.49. The molecule has 3 rings (SSSR count). The number of aryl methyl sites for hydroxylation is 1. The number of hydrogen-bond donors (Lipinski definition) is 2. The van der Waals surface area contributed by atoms with Crippen LogP contribution in [0.3, 0.4) is 0 Å². The number of carbonyl (C=O) groups excluding carboxylic acids is 1. The van der Waals surface area contributed by atoms with Crippen molar-refractivity contribution in [3.8, 4) is 0 Å². The fourth-order valence-corrected chi connectivity index (χ4v) is 5.83. The van der Waals surface area contributed by atoms with Gasteiger partial charge in [0.2, 0.25) is 20.0 Å². The number of amides is 1. The molecule has 2 aromatic carbocycles. The Morgan fingerprint density at radius 2 is 1.69 bits per heavy atom. The smallest absolute Gasteiger partial charge is 0.251 e. The summed E-state index contributed by atoms with van der Waals surface area (Å²) in [6.45, 7) is 3.15. The molecule has 0 atom stereocenters. The van der Waals surface area contributed by atoms with E-state index in [4.69, 9.17) is 0 Å². The lowest BCUT2D eigenvalue weighted by Gasteiger charge is -2.30. The first-order valence-electron chi connectivity index (χ1n) is 10.4. The summed E-state index contributed by atoms with van der Waals surface area (Å²) in [7, 11) is -6.98. The third-order valence-electron chi connectivity index (χ3n) is 5.64. The highest BCUT2D eigenvalue weighted by molar-refractivity contribution is 7.89. The highest BCUT2D eigenvalue weighted by Gasteiger charge is 2.25. The molecule has 0 bridgehead atoms. The zero-order valence-electron chi connectivity index (χ0n) is 18.2. The molecule has 2 aromatic rings. The Morgan fingerprint density at radius 1 is 1.03 bits per heavy atom. The largest absolute Gasteiger partial charge is 0.352 e. The van der Waals surface area contributed by atoms with Gasteiger partial charge in [0.05, 0.1) is 11.2 Å². The fourth-order valence-electron chi connectivity index (χ4n) is 3.67. The van der Waals surface area contributed by atoms with E-state index in [0.29, 0.717) is 38.0 Å². The molecule has 1 aliphatic rings. The second kappa shape index (κ2) is 10.1. The molecule has 32 heavy (non-hydrogen) atoms. The Balaban J connectivity index is 1.61. The summed E-state index contributed by atoms with van der Waals surface area (Å²) >= 11 is 0. The SMILES string of the molecule is Cc1ccc(C(=O)NCC2CCN(S(C)(=O)=O)CC2)cc1S(=O)(=O)NCc1ccccc1. The third kappa shape index (κ3) is 6.38. The van der Waals surface area contributed by atoms with Gasteiger partial charge in [0.15, 0.2) is 0 Å². The highest BCUT2D eigenvalue weighted by atomic mass is 32.2. The molecule has 1 heterocycles.